The van der Waals surface area contributed by atoms with Crippen LogP contribution in [-0.4, -0.2) is 44.9 Å². The summed E-state index contributed by atoms with van der Waals surface area (Å²) in [4.78, 5) is 21.4. The van der Waals surface area contributed by atoms with Gasteiger partial charge in [0.15, 0.2) is 0 Å². The third-order valence-electron chi connectivity index (χ3n) is 3.18. The molecule has 0 aromatic heterocycles. The number of carbonyl (C=O) groups is 1. The molecule has 0 amide bonds. The van der Waals surface area contributed by atoms with Crippen molar-refractivity contribution < 1.29 is 31.7 Å². The van der Waals surface area contributed by atoms with E-state index in [9.17, 15) is 32.1 Å². The molecule has 26 heavy (non-hydrogen) atoms. The Balaban J connectivity index is 0.00000625. The number of nitrogens with one attached hydrogen (secondary N) is 1. The van der Waals surface area contributed by atoms with E-state index in [1.807, 2.05) is 0 Å². The lowest BCUT2D eigenvalue weighted by molar-refractivity contribution is -0.385. The van der Waals surface area contributed by atoms with Gasteiger partial charge in [0.2, 0.25) is 10.0 Å². The molecule has 9 nitrogen and oxygen atoms in total. The summed E-state index contributed by atoms with van der Waals surface area (Å²) in [6.07, 6.45) is 0. The van der Waals surface area contributed by atoms with Crippen molar-refractivity contribution in [2.75, 3.05) is 19.7 Å². The highest BCUT2D eigenvalue weighted by atomic mass is 35.5. The van der Waals surface area contributed by atoms with Gasteiger partial charge in [-0.1, -0.05) is 0 Å². The lowest BCUT2D eigenvalue weighted by atomic mass is 10.1. The van der Waals surface area contributed by atoms with Crippen molar-refractivity contribution in [3.05, 3.63) is 33.4 Å². The first-order valence-electron chi connectivity index (χ1n) is 6.99. The van der Waals surface area contributed by atoms with Crippen LogP contribution in [0.1, 0.15) is 22.8 Å². The van der Waals surface area contributed by atoms with Gasteiger partial charge in [-0.05, 0) is 19.9 Å². The highest BCUT2D eigenvalue weighted by Gasteiger charge is 2.31. The van der Waals surface area contributed by atoms with E-state index in [0.29, 0.717) is 6.07 Å². The maximum Gasteiger partial charge on any atom is 0.338 e. The van der Waals surface area contributed by atoms with Gasteiger partial charge in [-0.2, -0.15) is 0 Å². The van der Waals surface area contributed by atoms with Gasteiger partial charge in [0.1, 0.15) is 0 Å². The molecule has 0 aliphatic heterocycles. The standard InChI is InChI=1S/C13H17F2N3O6S.ClH/c1-3-24-12(19)10-4-9(5-11(8(10)2)18(20)21)25(22,23)17-7-13(14,15)6-16;/h4-5,17H,3,6-7,16H2,1-2H3;1H. The number of esters is 1. The Labute approximate surface area is 154 Å². The van der Waals surface area contributed by atoms with Gasteiger partial charge in [-0.25, -0.2) is 26.7 Å². The van der Waals surface area contributed by atoms with Crippen LogP contribution in [0.4, 0.5) is 14.5 Å². The zero-order chi connectivity index (χ0) is 19.4. The van der Waals surface area contributed by atoms with Crippen molar-refractivity contribution in [3.63, 3.8) is 0 Å². The van der Waals surface area contributed by atoms with Crippen LogP contribution in [0.5, 0.6) is 0 Å². The molecule has 0 heterocycles. The molecule has 0 spiro atoms. The first-order valence-corrected chi connectivity index (χ1v) is 8.47. The fraction of sp³-hybridized carbons (Fsp3) is 0.462. The van der Waals surface area contributed by atoms with E-state index in [-0.39, 0.29) is 30.1 Å². The third kappa shape index (κ3) is 5.83. The smallest absolute Gasteiger partial charge is 0.338 e. The number of alkyl halides is 2. The highest BCUT2D eigenvalue weighted by Crippen LogP contribution is 2.27. The number of halogens is 3. The van der Waals surface area contributed by atoms with Crippen LogP contribution in [0.25, 0.3) is 0 Å². The Bertz CT molecular complexity index is 788. The topological polar surface area (TPSA) is 142 Å². The van der Waals surface area contributed by atoms with Crippen LogP contribution < -0.4 is 10.5 Å². The lowest BCUT2D eigenvalue weighted by Crippen LogP contribution is -2.41. The van der Waals surface area contributed by atoms with Crippen LogP contribution in [-0.2, 0) is 14.8 Å². The van der Waals surface area contributed by atoms with E-state index in [4.69, 9.17) is 10.5 Å². The molecule has 1 aromatic rings. The molecule has 0 radical (unpaired) electrons. The summed E-state index contributed by atoms with van der Waals surface area (Å²) in [5.41, 5.74) is 3.72. The molecule has 0 aliphatic carbocycles. The zero-order valence-corrected chi connectivity index (χ0v) is 15.5. The summed E-state index contributed by atoms with van der Waals surface area (Å²) in [6.45, 7) is 0.333. The highest BCUT2D eigenvalue weighted by molar-refractivity contribution is 7.89. The summed E-state index contributed by atoms with van der Waals surface area (Å²) in [6, 6.07) is 1.52. The summed E-state index contributed by atoms with van der Waals surface area (Å²) >= 11 is 0. The number of hydrogen-bond acceptors (Lipinski definition) is 7. The van der Waals surface area contributed by atoms with Gasteiger partial charge in [0.25, 0.3) is 11.6 Å². The van der Waals surface area contributed by atoms with Gasteiger partial charge in [-0.15, -0.1) is 12.4 Å². The van der Waals surface area contributed by atoms with Crippen LogP contribution in [0.3, 0.4) is 0 Å². The first kappa shape index (κ1) is 24.1. The first-order chi connectivity index (χ1) is 11.4. The average Bonchev–Trinajstić information content (AvgIpc) is 2.53. The second-order valence-electron chi connectivity index (χ2n) is 4.98. The number of carbonyl (C=O) groups excluding carboxylic acids is 1. The van der Waals surface area contributed by atoms with Crippen molar-refractivity contribution in [2.45, 2.75) is 24.7 Å². The number of benzene rings is 1. The Kier molecular flexibility index (Phi) is 8.50. The summed E-state index contributed by atoms with van der Waals surface area (Å²) in [5.74, 6) is -4.46. The van der Waals surface area contributed by atoms with Crippen molar-refractivity contribution >= 4 is 34.1 Å². The molecule has 0 fully saturated rings. The zero-order valence-electron chi connectivity index (χ0n) is 13.8. The minimum Gasteiger partial charge on any atom is -0.462 e. The predicted octanol–water partition coefficient (Wildman–Crippen LogP) is 1.37. The largest absolute Gasteiger partial charge is 0.462 e. The molecule has 0 saturated heterocycles. The maximum absolute atomic E-state index is 13.1. The van der Waals surface area contributed by atoms with E-state index in [1.54, 1.807) is 4.72 Å². The monoisotopic (exact) mass is 417 g/mol. The van der Waals surface area contributed by atoms with Crippen LogP contribution in [0.2, 0.25) is 0 Å². The van der Waals surface area contributed by atoms with Crippen molar-refractivity contribution in [2.24, 2.45) is 5.73 Å². The number of nitrogens with two attached hydrogens (primary N) is 1. The van der Waals surface area contributed by atoms with Crippen molar-refractivity contribution in [1.29, 1.82) is 0 Å². The van der Waals surface area contributed by atoms with Crippen LogP contribution in [0.15, 0.2) is 17.0 Å². The average molecular weight is 418 g/mol. The number of hydrogen-bond donors (Lipinski definition) is 2. The third-order valence-corrected chi connectivity index (χ3v) is 4.56. The molecule has 0 atom stereocenters. The Morgan fingerprint density at radius 2 is 2.00 bits per heavy atom. The normalized spacial score (nSPS) is 11.6. The molecule has 0 saturated carbocycles. The second kappa shape index (κ2) is 9.16. The number of nitrogens with zero attached hydrogens (tertiary/aromatic N) is 1. The molecule has 1 aromatic carbocycles. The van der Waals surface area contributed by atoms with E-state index in [0.717, 1.165) is 6.07 Å². The maximum atomic E-state index is 13.1. The number of rotatable bonds is 8. The van der Waals surface area contributed by atoms with Gasteiger partial charge in [0, 0.05) is 11.6 Å². The Hall–Kier alpha value is -1.89. The van der Waals surface area contributed by atoms with Crippen molar-refractivity contribution in [3.8, 4) is 0 Å². The van der Waals surface area contributed by atoms with E-state index in [2.05, 4.69) is 0 Å². The predicted molar refractivity (Wildman–Crippen MR) is 90.2 cm³/mol. The van der Waals surface area contributed by atoms with Gasteiger partial charge in [0.05, 0.1) is 35.1 Å². The van der Waals surface area contributed by atoms with E-state index >= 15 is 0 Å². The number of nitro benzene ring substituents is 1. The lowest BCUT2D eigenvalue weighted by Gasteiger charge is -2.15. The van der Waals surface area contributed by atoms with E-state index in [1.165, 1.54) is 13.8 Å². The Morgan fingerprint density at radius 3 is 2.46 bits per heavy atom. The molecular weight excluding hydrogens is 400 g/mol. The SMILES string of the molecule is CCOC(=O)c1cc(S(=O)(=O)NCC(F)(F)CN)cc([N+](=O)[O-])c1C.Cl. The number of ether oxygens (including phenoxy) is 1. The van der Waals surface area contributed by atoms with Crippen LogP contribution in [0, 0.1) is 17.0 Å². The summed E-state index contributed by atoms with van der Waals surface area (Å²) in [5, 5.41) is 11.1. The molecule has 0 bridgehead atoms. The summed E-state index contributed by atoms with van der Waals surface area (Å²) < 4.78 is 56.9. The molecule has 0 aliphatic rings. The minimum atomic E-state index is -4.55. The van der Waals surface area contributed by atoms with Crippen LogP contribution >= 0.6 is 12.4 Å². The molecule has 13 heteroatoms. The fourth-order valence-corrected chi connectivity index (χ4v) is 2.90. The molecule has 3 N–H and O–H groups in total. The van der Waals surface area contributed by atoms with Crippen molar-refractivity contribution in [1.82, 2.24) is 4.72 Å². The molecule has 1 rings (SSSR count). The minimum absolute atomic E-state index is 0. The fourth-order valence-electron chi connectivity index (χ4n) is 1.79. The molecule has 0 unspecified atom stereocenters. The van der Waals surface area contributed by atoms with Gasteiger partial charge in [-0.3, -0.25) is 10.1 Å². The molecule has 148 valence electrons. The quantitative estimate of drug-likeness (QED) is 0.369. The number of sulfonamides is 1. The number of nitro groups is 1. The molecular formula is C13H18ClF2N3O6S. The van der Waals surface area contributed by atoms with Gasteiger partial charge < -0.3 is 10.5 Å². The Morgan fingerprint density at radius 1 is 1.42 bits per heavy atom. The van der Waals surface area contributed by atoms with Gasteiger partial charge >= 0.3 is 5.97 Å². The second-order valence-corrected chi connectivity index (χ2v) is 6.74. The summed E-state index contributed by atoms with van der Waals surface area (Å²) in [7, 11) is -4.55. The van der Waals surface area contributed by atoms with E-state index < -0.39 is 50.5 Å².